The van der Waals surface area contributed by atoms with Crippen LogP contribution >= 0.6 is 21.8 Å². The topological polar surface area (TPSA) is 0 Å². The molecular formula is C93H256N10P3S6+19. The van der Waals surface area contributed by atoms with Crippen molar-refractivity contribution in [2.24, 2.45) is 0 Å². The molecule has 710 valence electrons. The summed E-state index contributed by atoms with van der Waals surface area (Å²) in [5, 5.41) is 0. The molecule has 0 atom stereocenters. The molecule has 0 aromatic carbocycles. The predicted molar refractivity (Wildman–Crippen MR) is 588 cm³/mol. The van der Waals surface area contributed by atoms with E-state index in [1.165, 1.54) is 160 Å². The maximum atomic E-state index is 2.47. The minimum absolute atomic E-state index is 0.389. The highest BCUT2D eigenvalue weighted by molar-refractivity contribution is 7.96. The molecule has 0 bridgehead atoms. The minimum Gasteiger partial charge on any atom is -0.333 e. The highest BCUT2D eigenvalue weighted by Gasteiger charge is 2.23. The fourth-order valence-electron chi connectivity index (χ4n) is 5.46. The smallest absolute Gasteiger partial charge is 0.105 e. The molecule has 0 aromatic heterocycles. The first-order valence-corrected chi connectivity index (χ1v) is 67.4. The fraction of sp³-hybridized carbons (Fsp3) is 1.00. The molecule has 0 saturated carbocycles. The summed E-state index contributed by atoms with van der Waals surface area (Å²) in [5.41, 5.74) is 0. The summed E-state index contributed by atoms with van der Waals surface area (Å²) >= 11 is 0. The van der Waals surface area contributed by atoms with Crippen LogP contribution in [0.3, 0.4) is 0 Å². The average molecular weight is 1800 g/mol. The molecule has 0 rings (SSSR count). The Balaban J connectivity index is -0.0000000486. The molecule has 0 aliphatic carbocycles. The Kier molecular flexibility index (Phi) is 142. The normalized spacial score (nSPS) is 11.4. The second-order valence-electron chi connectivity index (χ2n) is 45.4. The number of quaternary nitrogens is 10. The molecule has 0 aliphatic heterocycles. The SMILES string of the molecule is CCCC[N+](C)(CCCC)CCCC.CCC[N+](C)(CCC)CCC.CC[N+](C)(CC)CC.CC[P+](C)(CC)CC.CC[S+](C)CC.C[N+](C)(C)C.C[N+](C)(C)C.C[N+](C)(C)C.C[N+](C)(C)C.C[N+](C)(C)C.C[N+](C)(C)C.C[N+](C)(C)C.C[P+](C)(C)C.C[P+](C)(C)C.C[S+](C)C.C[S+](C)C.C[S+](C)C.C[S+](C)C.C[S+](C)C. The van der Waals surface area contributed by atoms with Crippen molar-refractivity contribution in [3.05, 3.63) is 0 Å². The van der Waals surface area contributed by atoms with Gasteiger partial charge in [-0.2, -0.15) is 0 Å². The molecule has 0 radical (unpaired) electrons. The van der Waals surface area contributed by atoms with Crippen LogP contribution < -0.4 is 0 Å². The molecule has 0 aliphatic rings. The maximum absolute atomic E-state index is 2.47. The molecule has 0 amide bonds. The van der Waals surface area contributed by atoms with Crippen LogP contribution in [0.5, 0.6) is 0 Å². The first kappa shape index (κ1) is 162. The van der Waals surface area contributed by atoms with Crippen molar-refractivity contribution in [2.75, 3.05) is 467 Å². The molecule has 10 nitrogen and oxygen atoms in total. The number of hydrogen-bond acceptors (Lipinski definition) is 0. The Hall–Kier alpha value is 2.99. The lowest BCUT2D eigenvalue weighted by molar-refractivity contribution is -0.910. The van der Waals surface area contributed by atoms with E-state index in [-0.39, 0.29) is 14.5 Å². The summed E-state index contributed by atoms with van der Waals surface area (Å²) in [6, 6.07) is 0. The first-order valence-electron chi connectivity index (χ1n) is 43.2. The van der Waals surface area contributed by atoms with Crippen LogP contribution in [0, 0.1) is 0 Å². The molecule has 0 aromatic rings. The molecule has 0 spiro atoms. The van der Waals surface area contributed by atoms with E-state index in [1.807, 2.05) is 0 Å². The summed E-state index contributed by atoms with van der Waals surface area (Å²) in [6.07, 6.45) is 51.7. The second kappa shape index (κ2) is 97.8. The first-order chi connectivity index (χ1) is 48.7. The lowest BCUT2D eigenvalue weighted by Crippen LogP contribution is -2.46. The van der Waals surface area contributed by atoms with E-state index in [4.69, 9.17) is 0 Å². The van der Waals surface area contributed by atoms with Gasteiger partial charge in [-0.3, -0.25) is 0 Å². The van der Waals surface area contributed by atoms with Crippen LogP contribution in [0.4, 0.5) is 0 Å². The third-order valence-corrected chi connectivity index (χ3v) is 17.6. The number of hydrogen-bond donors (Lipinski definition) is 0. The molecule has 0 fully saturated rings. The zero-order valence-corrected chi connectivity index (χ0v) is 102. The van der Waals surface area contributed by atoms with Crippen molar-refractivity contribution in [3.8, 4) is 0 Å². The van der Waals surface area contributed by atoms with Crippen molar-refractivity contribution in [2.45, 2.75) is 155 Å². The Morgan fingerprint density at radius 1 is 0.188 bits per heavy atom. The largest absolute Gasteiger partial charge is 0.333 e. The van der Waals surface area contributed by atoms with Gasteiger partial charge in [0.2, 0.25) is 0 Å². The Labute approximate surface area is 748 Å². The number of unbranched alkanes of at least 4 members (excludes halogenated alkanes) is 3. The molecule has 19 heteroatoms. The van der Waals surface area contributed by atoms with Crippen LogP contribution in [-0.2, 0) is 65.4 Å². The minimum atomic E-state index is -0.412. The van der Waals surface area contributed by atoms with Crippen LogP contribution in [-0.4, -0.2) is 512 Å². The van der Waals surface area contributed by atoms with Crippen LogP contribution in [0.1, 0.15) is 155 Å². The number of nitrogens with zero attached hydrogens (tertiary/aromatic N) is 10. The van der Waals surface area contributed by atoms with E-state index >= 15 is 0 Å². The van der Waals surface area contributed by atoms with Gasteiger partial charge >= 0.3 is 0 Å². The average Bonchev–Trinajstić information content (AvgIpc) is 0.918. The summed E-state index contributed by atoms with van der Waals surface area (Å²) in [4.78, 5) is 0. The third kappa shape index (κ3) is 524. The van der Waals surface area contributed by atoms with Gasteiger partial charge in [-0.25, -0.2) is 0 Å². The predicted octanol–water partition coefficient (Wildman–Crippen LogP) is 19.7. The Bertz CT molecular complexity index is 1280. The zero-order chi connectivity index (χ0) is 96.2. The maximum Gasteiger partial charge on any atom is 0.105 e. The molecular weight excluding hydrogens is 1540 g/mol. The lowest BCUT2D eigenvalue weighted by atomic mass is 10.2. The summed E-state index contributed by atoms with van der Waals surface area (Å²) < 4.78 is 10.8. The van der Waals surface area contributed by atoms with Crippen molar-refractivity contribution in [1.82, 2.24) is 0 Å². The third-order valence-electron chi connectivity index (χ3n) is 11.0. The highest BCUT2D eigenvalue weighted by atomic mass is 32.2. The van der Waals surface area contributed by atoms with E-state index in [0.29, 0.717) is 65.4 Å². The van der Waals surface area contributed by atoms with Gasteiger partial charge in [-0.15, -0.1) is 0 Å². The van der Waals surface area contributed by atoms with Gasteiger partial charge < -0.3 is 44.8 Å². The lowest BCUT2D eigenvalue weighted by Gasteiger charge is -2.34. The molecule has 0 saturated heterocycles. The van der Waals surface area contributed by atoms with Gasteiger partial charge in [0.15, 0.2) is 0 Å². The van der Waals surface area contributed by atoms with Gasteiger partial charge in [0, 0.05) is 81.8 Å². The van der Waals surface area contributed by atoms with E-state index in [9.17, 15) is 0 Å². The van der Waals surface area contributed by atoms with Crippen LogP contribution in [0.15, 0.2) is 0 Å². The van der Waals surface area contributed by atoms with Gasteiger partial charge in [0.25, 0.3) is 0 Å². The molecule has 112 heavy (non-hydrogen) atoms. The van der Waals surface area contributed by atoms with Gasteiger partial charge in [-0.1, -0.05) is 60.8 Å². The summed E-state index contributed by atoms with van der Waals surface area (Å²) in [6.45, 7) is 64.7. The van der Waals surface area contributed by atoms with Crippen molar-refractivity contribution in [3.63, 3.8) is 0 Å². The Morgan fingerprint density at radius 2 is 0.295 bits per heavy atom. The fourth-order valence-corrected chi connectivity index (χ4v) is 7.21. The zero-order valence-electron chi connectivity index (χ0n) is 94.5. The van der Waals surface area contributed by atoms with E-state index in [1.54, 1.807) is 0 Å². The quantitative estimate of drug-likeness (QED) is 0.0543. The van der Waals surface area contributed by atoms with Gasteiger partial charge in [0.1, 0.15) is 11.5 Å². The van der Waals surface area contributed by atoms with E-state index in [2.05, 4.69) is 475 Å². The van der Waals surface area contributed by atoms with E-state index in [0.717, 1.165) is 31.4 Å². The molecule has 0 unspecified atom stereocenters. The summed E-state index contributed by atoms with van der Waals surface area (Å²) in [5.74, 6) is 2.72. The van der Waals surface area contributed by atoms with Crippen molar-refractivity contribution >= 4 is 87.2 Å². The van der Waals surface area contributed by atoms with Crippen molar-refractivity contribution < 1.29 is 44.8 Å². The van der Waals surface area contributed by atoms with Crippen LogP contribution in [0.2, 0.25) is 0 Å². The molecule has 0 heterocycles. The van der Waals surface area contributed by atoms with Gasteiger partial charge in [-0.05, 0) is 159 Å². The van der Waals surface area contributed by atoms with E-state index < -0.39 is 7.26 Å². The van der Waals surface area contributed by atoms with Crippen LogP contribution in [0.25, 0.3) is 0 Å². The highest BCUT2D eigenvalue weighted by Crippen LogP contribution is 2.53. The Morgan fingerprint density at radius 3 is 0.339 bits per heavy atom. The second-order valence-corrected chi connectivity index (χ2v) is 76.2. The van der Waals surface area contributed by atoms with Gasteiger partial charge in [0.05, 0.1) is 396 Å². The monoisotopic (exact) mass is 1800 g/mol. The molecule has 0 N–H and O–H groups in total. The van der Waals surface area contributed by atoms with Crippen molar-refractivity contribution in [1.29, 1.82) is 0 Å². The summed E-state index contributed by atoms with van der Waals surface area (Å²) in [7, 11) is 69.3. The number of rotatable bonds is 23. The standard InChI is InChI=1S/C13H30N.C10H24N.C7H18N.C7H18P.C5H13S.7C4H12N.2C4H12P.5C3H9S/c1-5-8-11-14(4,12-9-6-2)13-10-7-3;1-5-8-11(4,9-6-2)10-7-3;2*1-5-8(4,6-2)7-3;1-4-6(3)5-2;9*1-5(2,3)4;5*1-4(2)3/h5-13H2,1-4H3;5-10H2,1-4H3;2*5-7H2,1-4H3;4-5H2,1-3H3;9*1-4H3;5*1-3H3/q19*+1.